The first-order valence-corrected chi connectivity index (χ1v) is 6.97. The fraction of sp³-hybridized carbons (Fsp3) is 1.00. The Morgan fingerprint density at radius 3 is 2.56 bits per heavy atom. The quantitative estimate of drug-likeness (QED) is 0.736. The van der Waals surface area contributed by atoms with Crippen molar-refractivity contribution in [1.82, 2.24) is 10.2 Å². The lowest BCUT2D eigenvalue weighted by Gasteiger charge is -2.47. The summed E-state index contributed by atoms with van der Waals surface area (Å²) in [5, 5.41) is 3.61. The average Bonchev–Trinajstić information content (AvgIpc) is 2.15. The van der Waals surface area contributed by atoms with Gasteiger partial charge in [0.1, 0.15) is 0 Å². The minimum atomic E-state index is 0.307. The van der Waals surface area contributed by atoms with Gasteiger partial charge in [-0.15, -0.1) is 0 Å². The third kappa shape index (κ3) is 2.78. The first-order valence-electron chi connectivity index (χ1n) is 6.97. The average molecular weight is 224 g/mol. The lowest BCUT2D eigenvalue weighted by molar-refractivity contribution is 0.0488. The standard InChI is InChI=1S/C14H28N2/c1-11-5-6-13(12(2)9-11)16-8-7-15-14(3,4)10-16/h11-13,15H,5-10H2,1-4H3. The van der Waals surface area contributed by atoms with Crippen LogP contribution in [0.25, 0.3) is 0 Å². The zero-order valence-electron chi connectivity index (χ0n) is 11.4. The van der Waals surface area contributed by atoms with E-state index in [1.807, 2.05) is 0 Å². The highest BCUT2D eigenvalue weighted by Crippen LogP contribution is 2.33. The van der Waals surface area contributed by atoms with Crippen molar-refractivity contribution in [3.8, 4) is 0 Å². The summed E-state index contributed by atoms with van der Waals surface area (Å²) in [5.74, 6) is 1.83. The maximum absolute atomic E-state index is 3.61. The first-order chi connectivity index (χ1) is 7.48. The third-order valence-corrected chi connectivity index (χ3v) is 4.46. The van der Waals surface area contributed by atoms with Gasteiger partial charge in [-0.2, -0.15) is 0 Å². The number of piperazine rings is 1. The molecule has 94 valence electrons. The molecule has 0 spiro atoms. The molecule has 1 saturated carbocycles. The van der Waals surface area contributed by atoms with Crippen molar-refractivity contribution < 1.29 is 0 Å². The SMILES string of the molecule is CC1CCC(N2CCNC(C)(C)C2)C(C)C1. The van der Waals surface area contributed by atoms with E-state index in [0.29, 0.717) is 5.54 Å². The fourth-order valence-electron chi connectivity index (χ4n) is 3.66. The van der Waals surface area contributed by atoms with Gasteiger partial charge in [-0.05, 0) is 44.9 Å². The van der Waals surface area contributed by atoms with E-state index in [1.165, 1.54) is 32.4 Å². The molecule has 2 aliphatic rings. The zero-order valence-corrected chi connectivity index (χ0v) is 11.4. The van der Waals surface area contributed by atoms with E-state index in [9.17, 15) is 0 Å². The van der Waals surface area contributed by atoms with Crippen molar-refractivity contribution >= 4 is 0 Å². The van der Waals surface area contributed by atoms with Crippen molar-refractivity contribution in [3.63, 3.8) is 0 Å². The Morgan fingerprint density at radius 2 is 1.94 bits per heavy atom. The molecule has 2 rings (SSSR count). The van der Waals surface area contributed by atoms with Gasteiger partial charge in [-0.1, -0.05) is 13.8 Å². The molecule has 0 bridgehead atoms. The van der Waals surface area contributed by atoms with E-state index in [2.05, 4.69) is 37.9 Å². The van der Waals surface area contributed by atoms with Gasteiger partial charge < -0.3 is 5.32 Å². The lowest BCUT2D eigenvalue weighted by Crippen LogP contribution is -2.60. The van der Waals surface area contributed by atoms with Gasteiger partial charge in [-0.3, -0.25) is 4.90 Å². The second-order valence-electron chi connectivity index (χ2n) is 6.74. The maximum atomic E-state index is 3.61. The number of rotatable bonds is 1. The van der Waals surface area contributed by atoms with E-state index >= 15 is 0 Å². The molecule has 0 aromatic heterocycles. The number of nitrogens with one attached hydrogen (secondary N) is 1. The van der Waals surface area contributed by atoms with Crippen molar-refractivity contribution in [2.24, 2.45) is 11.8 Å². The van der Waals surface area contributed by atoms with Crippen LogP contribution in [0, 0.1) is 11.8 Å². The van der Waals surface area contributed by atoms with Gasteiger partial charge in [0.05, 0.1) is 0 Å². The first kappa shape index (κ1) is 12.4. The summed E-state index contributed by atoms with van der Waals surface area (Å²) in [6, 6.07) is 0.845. The van der Waals surface area contributed by atoms with Crippen LogP contribution in [-0.2, 0) is 0 Å². The number of hydrogen-bond donors (Lipinski definition) is 1. The normalized spacial score (nSPS) is 40.9. The van der Waals surface area contributed by atoms with E-state index in [1.54, 1.807) is 0 Å². The van der Waals surface area contributed by atoms with E-state index in [0.717, 1.165) is 24.4 Å². The predicted octanol–water partition coefficient (Wildman–Crippen LogP) is 2.49. The zero-order chi connectivity index (χ0) is 11.8. The monoisotopic (exact) mass is 224 g/mol. The molecule has 0 amide bonds. The van der Waals surface area contributed by atoms with Crippen LogP contribution in [0.3, 0.4) is 0 Å². The van der Waals surface area contributed by atoms with Crippen LogP contribution < -0.4 is 5.32 Å². The minimum Gasteiger partial charge on any atom is -0.309 e. The minimum absolute atomic E-state index is 0.307. The highest BCUT2D eigenvalue weighted by Gasteiger charge is 2.34. The van der Waals surface area contributed by atoms with Gasteiger partial charge in [0.2, 0.25) is 0 Å². The maximum Gasteiger partial charge on any atom is 0.0252 e. The highest BCUT2D eigenvalue weighted by molar-refractivity contribution is 4.92. The van der Waals surface area contributed by atoms with Crippen molar-refractivity contribution in [3.05, 3.63) is 0 Å². The number of nitrogens with zero attached hydrogens (tertiary/aromatic N) is 1. The largest absolute Gasteiger partial charge is 0.309 e. The second kappa shape index (κ2) is 4.66. The molecule has 2 nitrogen and oxygen atoms in total. The molecule has 0 aromatic carbocycles. The molecule has 1 saturated heterocycles. The van der Waals surface area contributed by atoms with Crippen LogP contribution >= 0.6 is 0 Å². The Balaban J connectivity index is 1.96. The van der Waals surface area contributed by atoms with E-state index < -0.39 is 0 Å². The Morgan fingerprint density at radius 1 is 1.19 bits per heavy atom. The van der Waals surface area contributed by atoms with Crippen LogP contribution in [-0.4, -0.2) is 36.1 Å². The molecule has 3 unspecified atom stereocenters. The van der Waals surface area contributed by atoms with Crippen LogP contribution in [0.2, 0.25) is 0 Å². The summed E-state index contributed by atoms with van der Waals surface area (Å²) < 4.78 is 0. The smallest absolute Gasteiger partial charge is 0.0252 e. The van der Waals surface area contributed by atoms with Crippen molar-refractivity contribution in [1.29, 1.82) is 0 Å². The van der Waals surface area contributed by atoms with Crippen LogP contribution in [0.4, 0.5) is 0 Å². The molecule has 3 atom stereocenters. The van der Waals surface area contributed by atoms with Gasteiger partial charge >= 0.3 is 0 Å². The summed E-state index contributed by atoms with van der Waals surface area (Å²) in [5.41, 5.74) is 0.307. The number of hydrogen-bond acceptors (Lipinski definition) is 2. The molecule has 1 aliphatic heterocycles. The highest BCUT2D eigenvalue weighted by atomic mass is 15.2. The summed E-state index contributed by atoms with van der Waals surface area (Å²) in [7, 11) is 0. The molecule has 1 heterocycles. The Bertz CT molecular complexity index is 237. The Labute approximate surface area is 101 Å². The summed E-state index contributed by atoms with van der Waals surface area (Å²) in [6.45, 7) is 13.1. The Hall–Kier alpha value is -0.0800. The molecule has 1 N–H and O–H groups in total. The summed E-state index contributed by atoms with van der Waals surface area (Å²) >= 11 is 0. The molecule has 2 heteroatoms. The molecular formula is C14H28N2. The summed E-state index contributed by atoms with van der Waals surface area (Å²) in [6.07, 6.45) is 4.27. The molecule has 0 aromatic rings. The van der Waals surface area contributed by atoms with Crippen LogP contribution in [0.5, 0.6) is 0 Å². The van der Waals surface area contributed by atoms with Gasteiger partial charge in [0.15, 0.2) is 0 Å². The molecule has 16 heavy (non-hydrogen) atoms. The fourth-order valence-corrected chi connectivity index (χ4v) is 3.66. The van der Waals surface area contributed by atoms with Gasteiger partial charge in [0.25, 0.3) is 0 Å². The topological polar surface area (TPSA) is 15.3 Å². The van der Waals surface area contributed by atoms with Gasteiger partial charge in [-0.25, -0.2) is 0 Å². The van der Waals surface area contributed by atoms with E-state index in [4.69, 9.17) is 0 Å². The molecular weight excluding hydrogens is 196 g/mol. The molecule has 0 radical (unpaired) electrons. The van der Waals surface area contributed by atoms with Crippen molar-refractivity contribution in [2.45, 2.75) is 58.5 Å². The molecule has 1 aliphatic carbocycles. The predicted molar refractivity (Wildman–Crippen MR) is 69.6 cm³/mol. The van der Waals surface area contributed by atoms with Crippen LogP contribution in [0.15, 0.2) is 0 Å². The van der Waals surface area contributed by atoms with Gasteiger partial charge in [0, 0.05) is 31.2 Å². The third-order valence-electron chi connectivity index (χ3n) is 4.46. The second-order valence-corrected chi connectivity index (χ2v) is 6.74. The summed E-state index contributed by atoms with van der Waals surface area (Å²) in [4.78, 5) is 2.74. The van der Waals surface area contributed by atoms with E-state index in [-0.39, 0.29) is 0 Å². The lowest BCUT2D eigenvalue weighted by atomic mass is 9.78. The Kier molecular flexibility index (Phi) is 3.60. The van der Waals surface area contributed by atoms with Crippen molar-refractivity contribution in [2.75, 3.05) is 19.6 Å². The molecule has 2 fully saturated rings. The van der Waals surface area contributed by atoms with Crippen LogP contribution in [0.1, 0.15) is 47.0 Å².